The van der Waals surface area contributed by atoms with E-state index in [1.807, 2.05) is 17.0 Å². The summed E-state index contributed by atoms with van der Waals surface area (Å²) in [7, 11) is 0. The van der Waals surface area contributed by atoms with E-state index < -0.39 is 0 Å². The minimum Gasteiger partial charge on any atom is -0.505 e. The van der Waals surface area contributed by atoms with Crippen molar-refractivity contribution in [3.63, 3.8) is 0 Å². The Morgan fingerprint density at radius 2 is 2.21 bits per heavy atom. The molecule has 1 aromatic carbocycles. The molecule has 0 radical (unpaired) electrons. The molecular formula is C19H22N2O3. The van der Waals surface area contributed by atoms with Crippen LogP contribution in [0.1, 0.15) is 43.0 Å². The van der Waals surface area contributed by atoms with Gasteiger partial charge in [0, 0.05) is 29.1 Å². The molecule has 2 N–H and O–H groups in total. The van der Waals surface area contributed by atoms with Crippen LogP contribution in [0.15, 0.2) is 30.5 Å². The minimum atomic E-state index is -0.191. The average molecular weight is 326 g/mol. The van der Waals surface area contributed by atoms with Gasteiger partial charge in [-0.05, 0) is 37.8 Å². The maximum absolute atomic E-state index is 13.1. The van der Waals surface area contributed by atoms with Crippen molar-refractivity contribution in [2.24, 2.45) is 5.41 Å². The molecule has 3 heterocycles. The van der Waals surface area contributed by atoms with Crippen LogP contribution < -0.4 is 0 Å². The molecule has 4 rings (SSSR count). The van der Waals surface area contributed by atoms with Crippen molar-refractivity contribution in [2.75, 3.05) is 6.61 Å². The number of carbonyl (C=O) groups excluding carboxylic acids is 1. The lowest BCUT2D eigenvalue weighted by atomic mass is 9.72. The Kier molecular flexibility index (Phi) is 3.49. The zero-order valence-electron chi connectivity index (χ0n) is 13.8. The Bertz CT molecular complexity index is 800. The van der Waals surface area contributed by atoms with Crippen molar-refractivity contribution < 1.29 is 15.0 Å². The van der Waals surface area contributed by atoms with Gasteiger partial charge in [-0.2, -0.15) is 0 Å². The first-order chi connectivity index (χ1) is 11.6. The van der Waals surface area contributed by atoms with Gasteiger partial charge >= 0.3 is 0 Å². The van der Waals surface area contributed by atoms with E-state index in [2.05, 4.69) is 11.9 Å². The van der Waals surface area contributed by atoms with Crippen molar-refractivity contribution in [1.29, 1.82) is 0 Å². The highest BCUT2D eigenvalue weighted by atomic mass is 16.3. The summed E-state index contributed by atoms with van der Waals surface area (Å²) in [6, 6.07) is 7.40. The van der Waals surface area contributed by atoms with Gasteiger partial charge in [-0.3, -0.25) is 9.78 Å². The number of phenolic OH excluding ortho intramolecular Hbond substituents is 1. The van der Waals surface area contributed by atoms with Crippen molar-refractivity contribution in [2.45, 2.75) is 44.7 Å². The Morgan fingerprint density at radius 3 is 2.92 bits per heavy atom. The number of nitrogens with zero attached hydrogens (tertiary/aromatic N) is 2. The van der Waals surface area contributed by atoms with E-state index in [-0.39, 0.29) is 35.8 Å². The maximum atomic E-state index is 13.1. The third-order valence-electron chi connectivity index (χ3n) is 6.08. The fraction of sp³-hybridized carbons (Fsp3) is 0.474. The van der Waals surface area contributed by atoms with Crippen LogP contribution in [-0.2, 0) is 0 Å². The summed E-state index contributed by atoms with van der Waals surface area (Å²) in [5.41, 5.74) is 0.574. The van der Waals surface area contributed by atoms with E-state index in [9.17, 15) is 15.0 Å². The number of pyridine rings is 1. The molecule has 1 aromatic heterocycles. The molecule has 0 unspecified atom stereocenters. The Balaban J connectivity index is 1.74. The summed E-state index contributed by atoms with van der Waals surface area (Å²) >= 11 is 0. The summed E-state index contributed by atoms with van der Waals surface area (Å²) in [4.78, 5) is 19.3. The van der Waals surface area contributed by atoms with Crippen LogP contribution in [0.2, 0.25) is 0 Å². The predicted molar refractivity (Wildman–Crippen MR) is 90.8 cm³/mol. The third-order valence-corrected chi connectivity index (χ3v) is 6.08. The molecule has 2 aromatic rings. The Labute approximate surface area is 140 Å². The number of hydrogen-bond donors (Lipinski definition) is 2. The SMILES string of the molecule is CC[C@]1(CO)C[C@H]2CC[C@@H]1N2C(=O)c1ccc2cccnc2c1O. The number of amides is 1. The molecule has 2 aliphatic rings. The highest BCUT2D eigenvalue weighted by Crippen LogP contribution is 2.52. The van der Waals surface area contributed by atoms with Crippen LogP contribution in [0.4, 0.5) is 0 Å². The van der Waals surface area contributed by atoms with Crippen LogP contribution in [0.5, 0.6) is 5.75 Å². The lowest BCUT2D eigenvalue weighted by Crippen LogP contribution is -2.42. The van der Waals surface area contributed by atoms with Gasteiger partial charge in [-0.25, -0.2) is 0 Å². The Hall–Kier alpha value is -2.14. The smallest absolute Gasteiger partial charge is 0.258 e. The van der Waals surface area contributed by atoms with Gasteiger partial charge in [0.05, 0.1) is 12.2 Å². The van der Waals surface area contributed by atoms with Crippen molar-refractivity contribution in [3.05, 3.63) is 36.0 Å². The predicted octanol–water partition coefficient (Wildman–Crippen LogP) is 2.71. The van der Waals surface area contributed by atoms with Crippen LogP contribution in [0.25, 0.3) is 10.9 Å². The summed E-state index contributed by atoms with van der Waals surface area (Å²) in [5, 5.41) is 21.3. The summed E-state index contributed by atoms with van der Waals surface area (Å²) in [6.07, 6.45) is 5.23. The molecule has 0 spiro atoms. The van der Waals surface area contributed by atoms with Crippen LogP contribution >= 0.6 is 0 Å². The van der Waals surface area contributed by atoms with Crippen LogP contribution in [0, 0.1) is 5.41 Å². The molecule has 0 saturated carbocycles. The standard InChI is InChI=1S/C19H22N2O3/c1-2-19(11-22)10-13-6-8-15(19)21(13)18(24)14-7-5-12-4-3-9-20-16(12)17(14)23/h3-5,7,9,13,15,22-23H,2,6,8,10-11H2,1H3/t13-,15+,19-/m1/s1. The zero-order valence-corrected chi connectivity index (χ0v) is 13.8. The molecule has 2 saturated heterocycles. The first-order valence-electron chi connectivity index (χ1n) is 8.61. The first kappa shape index (κ1) is 15.4. The molecule has 5 heteroatoms. The van der Waals surface area contributed by atoms with Gasteiger partial charge < -0.3 is 15.1 Å². The van der Waals surface area contributed by atoms with Gasteiger partial charge in [-0.1, -0.05) is 19.1 Å². The zero-order chi connectivity index (χ0) is 16.9. The van der Waals surface area contributed by atoms with E-state index in [1.165, 1.54) is 0 Å². The molecule has 2 fully saturated rings. The number of carbonyl (C=O) groups is 1. The third kappa shape index (κ3) is 1.97. The monoisotopic (exact) mass is 326 g/mol. The topological polar surface area (TPSA) is 73.7 Å². The number of hydrogen-bond acceptors (Lipinski definition) is 4. The number of benzene rings is 1. The number of phenols is 1. The number of aromatic nitrogens is 1. The van der Waals surface area contributed by atoms with Crippen molar-refractivity contribution >= 4 is 16.8 Å². The van der Waals surface area contributed by atoms with Crippen LogP contribution in [0.3, 0.4) is 0 Å². The van der Waals surface area contributed by atoms with E-state index >= 15 is 0 Å². The van der Waals surface area contributed by atoms with E-state index in [0.29, 0.717) is 11.1 Å². The normalized spacial score (nSPS) is 28.7. The van der Waals surface area contributed by atoms with E-state index in [1.54, 1.807) is 18.3 Å². The number of aliphatic hydroxyl groups excluding tert-OH is 1. The van der Waals surface area contributed by atoms with E-state index in [4.69, 9.17) is 0 Å². The Morgan fingerprint density at radius 1 is 1.38 bits per heavy atom. The first-order valence-corrected chi connectivity index (χ1v) is 8.61. The van der Waals surface area contributed by atoms with Crippen LogP contribution in [-0.4, -0.2) is 44.7 Å². The molecule has 3 atom stereocenters. The summed E-state index contributed by atoms with van der Waals surface area (Å²) in [6.45, 7) is 2.19. The van der Waals surface area contributed by atoms with Gasteiger partial charge in [0.25, 0.3) is 5.91 Å². The molecule has 1 amide bonds. The number of fused-ring (bicyclic) bond motifs is 3. The van der Waals surface area contributed by atoms with Gasteiger partial charge in [0.15, 0.2) is 5.75 Å². The highest BCUT2D eigenvalue weighted by molar-refractivity contribution is 6.03. The molecule has 24 heavy (non-hydrogen) atoms. The molecule has 5 nitrogen and oxygen atoms in total. The summed E-state index contributed by atoms with van der Waals surface area (Å²) in [5.74, 6) is -0.188. The minimum absolute atomic E-state index is 0.0458. The quantitative estimate of drug-likeness (QED) is 0.909. The van der Waals surface area contributed by atoms with Gasteiger partial charge in [-0.15, -0.1) is 0 Å². The lowest BCUT2D eigenvalue weighted by molar-refractivity contribution is 0.0555. The van der Waals surface area contributed by atoms with Gasteiger partial charge in [0.1, 0.15) is 5.52 Å². The lowest BCUT2D eigenvalue weighted by Gasteiger charge is -2.34. The van der Waals surface area contributed by atoms with Crippen molar-refractivity contribution in [1.82, 2.24) is 9.88 Å². The maximum Gasteiger partial charge on any atom is 0.258 e. The number of aliphatic hydroxyl groups is 1. The average Bonchev–Trinajstić information content (AvgIpc) is 3.18. The largest absolute Gasteiger partial charge is 0.505 e. The summed E-state index contributed by atoms with van der Waals surface area (Å²) < 4.78 is 0. The fourth-order valence-electron chi connectivity index (χ4n) is 4.70. The van der Waals surface area contributed by atoms with Crippen molar-refractivity contribution in [3.8, 4) is 5.75 Å². The fourth-order valence-corrected chi connectivity index (χ4v) is 4.70. The number of aromatic hydroxyl groups is 1. The second-order valence-corrected chi connectivity index (χ2v) is 7.07. The molecule has 0 aliphatic carbocycles. The van der Waals surface area contributed by atoms with Gasteiger partial charge in [0.2, 0.25) is 0 Å². The van der Waals surface area contributed by atoms with E-state index in [0.717, 1.165) is 31.1 Å². The highest BCUT2D eigenvalue weighted by Gasteiger charge is 2.56. The number of rotatable bonds is 3. The molecule has 2 aliphatic heterocycles. The molecular weight excluding hydrogens is 304 g/mol. The molecule has 126 valence electrons. The second kappa shape index (κ2) is 5.45. The second-order valence-electron chi connectivity index (χ2n) is 7.07. The molecule has 2 bridgehead atoms.